The number of anilines is 1. The maximum absolute atomic E-state index is 14.4. The monoisotopic (exact) mass is 424 g/mol. The van der Waals surface area contributed by atoms with E-state index in [1.165, 1.54) is 17.8 Å². The Balaban J connectivity index is 1.50. The van der Waals surface area contributed by atoms with Crippen LogP contribution in [-0.4, -0.2) is 49.5 Å². The van der Waals surface area contributed by atoms with Crippen LogP contribution in [-0.2, 0) is 9.84 Å². The number of rotatable bonds is 5. The molecular formula is C19H18F2N2O3S2. The molecule has 0 saturated carbocycles. The second kappa shape index (κ2) is 7.71. The van der Waals surface area contributed by atoms with Gasteiger partial charge >= 0.3 is 0 Å². The van der Waals surface area contributed by atoms with Crippen LogP contribution in [0.2, 0.25) is 0 Å². The Bertz CT molecular complexity index is 999. The van der Waals surface area contributed by atoms with Gasteiger partial charge in [0.15, 0.2) is 15.0 Å². The third-order valence-corrected chi connectivity index (χ3v) is 7.23. The number of hydrogen-bond acceptors (Lipinski definition) is 6. The van der Waals surface area contributed by atoms with E-state index in [4.69, 9.17) is 4.74 Å². The molecule has 148 valence electrons. The fraction of sp³-hybridized carbons (Fsp3) is 0.316. The summed E-state index contributed by atoms with van der Waals surface area (Å²) in [4.78, 5) is 6.12. The van der Waals surface area contributed by atoms with E-state index in [0.717, 1.165) is 17.9 Å². The largest absolute Gasteiger partial charge is 0.493 e. The summed E-state index contributed by atoms with van der Waals surface area (Å²) in [7, 11) is -3.23. The van der Waals surface area contributed by atoms with Gasteiger partial charge in [-0.2, -0.15) is 0 Å². The van der Waals surface area contributed by atoms with Crippen molar-refractivity contribution in [2.24, 2.45) is 4.99 Å². The Kier molecular flexibility index (Phi) is 5.29. The smallest absolute Gasteiger partial charge is 0.164 e. The number of thioether (sulfide) groups is 1. The molecule has 0 bridgehead atoms. The topological polar surface area (TPSA) is 59.0 Å². The summed E-state index contributed by atoms with van der Waals surface area (Å²) in [6.45, 7) is 0.418. The van der Waals surface area contributed by atoms with Crippen LogP contribution in [0.4, 0.5) is 14.5 Å². The second-order valence-corrected chi connectivity index (χ2v) is 9.81. The number of sulfone groups is 1. The van der Waals surface area contributed by atoms with Crippen LogP contribution in [0.15, 0.2) is 53.5 Å². The van der Waals surface area contributed by atoms with Crippen molar-refractivity contribution in [3.05, 3.63) is 60.2 Å². The lowest BCUT2D eigenvalue weighted by atomic mass is 10.1. The first-order chi connectivity index (χ1) is 13.4. The van der Waals surface area contributed by atoms with E-state index in [-0.39, 0.29) is 17.2 Å². The first-order valence-electron chi connectivity index (χ1n) is 8.76. The molecule has 0 aliphatic carbocycles. The number of hydrogen-bond donors (Lipinski definition) is 0. The summed E-state index contributed by atoms with van der Waals surface area (Å²) in [5.74, 6) is -0.262. The molecule has 4 rings (SSSR count). The lowest BCUT2D eigenvalue weighted by Gasteiger charge is -2.26. The van der Waals surface area contributed by atoms with Crippen molar-refractivity contribution in [1.82, 2.24) is 0 Å². The van der Waals surface area contributed by atoms with Gasteiger partial charge in [-0.05, 0) is 24.3 Å². The molecule has 0 radical (unpaired) electrons. The Labute approximate surface area is 166 Å². The average Bonchev–Trinajstić information content (AvgIpc) is 3.11. The van der Waals surface area contributed by atoms with Gasteiger partial charge in [-0.1, -0.05) is 30.0 Å². The Morgan fingerprint density at radius 1 is 1.14 bits per heavy atom. The van der Waals surface area contributed by atoms with Crippen molar-refractivity contribution in [1.29, 1.82) is 0 Å². The van der Waals surface area contributed by atoms with Gasteiger partial charge in [-0.25, -0.2) is 17.2 Å². The molecule has 2 heterocycles. The zero-order valence-electron chi connectivity index (χ0n) is 14.8. The number of para-hydroxylation sites is 1. The van der Waals surface area contributed by atoms with E-state index >= 15 is 0 Å². The Hall–Kier alpha value is -2.13. The lowest BCUT2D eigenvalue weighted by Crippen LogP contribution is -2.39. The van der Waals surface area contributed by atoms with Gasteiger partial charge in [0, 0.05) is 11.8 Å². The molecule has 2 atom stereocenters. The van der Waals surface area contributed by atoms with Crippen LogP contribution in [0.5, 0.6) is 5.75 Å². The molecule has 1 saturated heterocycles. The van der Waals surface area contributed by atoms with E-state index in [0.29, 0.717) is 17.5 Å². The summed E-state index contributed by atoms with van der Waals surface area (Å²) >= 11 is 1.37. The fourth-order valence-corrected chi connectivity index (χ4v) is 6.18. The normalized spacial score (nSPS) is 22.8. The molecule has 1 fully saturated rings. The summed E-state index contributed by atoms with van der Waals surface area (Å²) in [5, 5.41) is 0.534. The second-order valence-electron chi connectivity index (χ2n) is 6.60. The number of benzene rings is 2. The highest BCUT2D eigenvalue weighted by molar-refractivity contribution is 8.14. The van der Waals surface area contributed by atoms with Crippen LogP contribution in [0.1, 0.15) is 0 Å². The molecule has 0 spiro atoms. The Morgan fingerprint density at radius 2 is 1.93 bits per heavy atom. The molecule has 0 aromatic heterocycles. The standard InChI is InChI=1S/C19H18F2N2O3S2/c20-13-6-7-17(15(21)10-13)23-18-12-28(24,25)11-16(18)22-19(23)27-9-8-26-14-4-2-1-3-5-14/h1-7,10,16,18H,8-9,11-12H2. The number of aliphatic imine (C=N–C) groups is 1. The van der Waals surface area contributed by atoms with Gasteiger partial charge < -0.3 is 9.64 Å². The van der Waals surface area contributed by atoms with Crippen molar-refractivity contribution < 1.29 is 21.9 Å². The number of amidine groups is 1. The highest BCUT2D eigenvalue weighted by Gasteiger charge is 2.47. The summed E-state index contributed by atoms with van der Waals surface area (Å²) in [5.41, 5.74) is 0.140. The van der Waals surface area contributed by atoms with Gasteiger partial charge in [0.1, 0.15) is 17.4 Å². The predicted octanol–water partition coefficient (Wildman–Crippen LogP) is 3.12. The minimum atomic E-state index is -3.23. The lowest BCUT2D eigenvalue weighted by molar-refractivity contribution is 0.344. The third-order valence-electron chi connectivity index (χ3n) is 4.60. The Morgan fingerprint density at radius 3 is 2.68 bits per heavy atom. The van der Waals surface area contributed by atoms with Crippen LogP contribution in [0.25, 0.3) is 0 Å². The average molecular weight is 424 g/mol. The number of halogens is 2. The molecule has 2 aliphatic heterocycles. The molecular weight excluding hydrogens is 406 g/mol. The summed E-state index contributed by atoms with van der Waals surface area (Å²) in [6.07, 6.45) is 0. The van der Waals surface area contributed by atoms with Crippen LogP contribution in [0, 0.1) is 11.6 Å². The molecule has 28 heavy (non-hydrogen) atoms. The van der Waals surface area contributed by atoms with Crippen molar-refractivity contribution in [2.45, 2.75) is 12.1 Å². The van der Waals surface area contributed by atoms with Crippen molar-refractivity contribution in [3.63, 3.8) is 0 Å². The van der Waals surface area contributed by atoms with Gasteiger partial charge in [0.25, 0.3) is 0 Å². The van der Waals surface area contributed by atoms with Crippen LogP contribution >= 0.6 is 11.8 Å². The van der Waals surface area contributed by atoms with Crippen LogP contribution < -0.4 is 9.64 Å². The number of ether oxygens (including phenoxy) is 1. The molecule has 9 heteroatoms. The molecule has 2 aromatic carbocycles. The highest BCUT2D eigenvalue weighted by Crippen LogP contribution is 2.36. The van der Waals surface area contributed by atoms with Crippen molar-refractivity contribution in [2.75, 3.05) is 28.8 Å². The highest BCUT2D eigenvalue weighted by atomic mass is 32.2. The molecule has 2 aromatic rings. The van der Waals surface area contributed by atoms with Gasteiger partial charge in [0.2, 0.25) is 0 Å². The van der Waals surface area contributed by atoms with Gasteiger partial charge in [-0.3, -0.25) is 4.99 Å². The van der Waals surface area contributed by atoms with E-state index in [1.807, 2.05) is 30.3 Å². The maximum atomic E-state index is 14.4. The zero-order valence-corrected chi connectivity index (χ0v) is 16.4. The maximum Gasteiger partial charge on any atom is 0.164 e. The molecule has 0 N–H and O–H groups in total. The van der Waals surface area contributed by atoms with E-state index in [9.17, 15) is 17.2 Å². The number of fused-ring (bicyclic) bond motifs is 1. The minimum absolute atomic E-state index is 0.0540. The SMILES string of the molecule is O=S1(=O)CC2N=C(SCCOc3ccccc3)N(c3ccc(F)cc3F)C2C1. The summed E-state index contributed by atoms with van der Waals surface area (Å²) < 4.78 is 57.4. The fourth-order valence-electron chi connectivity index (χ4n) is 3.40. The van der Waals surface area contributed by atoms with Crippen LogP contribution in [0.3, 0.4) is 0 Å². The third kappa shape index (κ3) is 4.00. The first-order valence-corrected chi connectivity index (χ1v) is 11.6. The van der Waals surface area contributed by atoms with Gasteiger partial charge in [-0.15, -0.1) is 0 Å². The zero-order chi connectivity index (χ0) is 19.7. The first kappa shape index (κ1) is 19.2. The van der Waals surface area contributed by atoms with E-state index < -0.39 is 33.6 Å². The van der Waals surface area contributed by atoms with E-state index in [2.05, 4.69) is 4.99 Å². The molecule has 2 unspecified atom stereocenters. The summed E-state index contributed by atoms with van der Waals surface area (Å²) in [6, 6.07) is 11.7. The van der Waals surface area contributed by atoms with Crippen molar-refractivity contribution in [3.8, 4) is 5.75 Å². The number of nitrogens with zero attached hydrogens (tertiary/aromatic N) is 2. The molecule has 0 amide bonds. The minimum Gasteiger partial charge on any atom is -0.493 e. The van der Waals surface area contributed by atoms with E-state index in [1.54, 1.807) is 4.90 Å². The van der Waals surface area contributed by atoms with Crippen molar-refractivity contribution >= 4 is 32.5 Å². The predicted molar refractivity (Wildman–Crippen MR) is 107 cm³/mol. The molecule has 2 aliphatic rings. The quantitative estimate of drug-likeness (QED) is 0.691. The van der Waals surface area contributed by atoms with Gasteiger partial charge in [0.05, 0.1) is 35.9 Å². The molecule has 5 nitrogen and oxygen atoms in total.